The number of amides is 2. The molecule has 2 unspecified atom stereocenters. The molecule has 2 aliphatic rings. The maximum atomic E-state index is 12.6. The van der Waals surface area contributed by atoms with Crippen LogP contribution < -0.4 is 5.32 Å². The van der Waals surface area contributed by atoms with Gasteiger partial charge in [-0.15, -0.1) is 0 Å². The normalized spacial score (nSPS) is 26.9. The monoisotopic (exact) mass is 338 g/mol. The molecular weight excluding hydrogens is 312 g/mol. The summed E-state index contributed by atoms with van der Waals surface area (Å²) in [6.07, 6.45) is 2.27. The zero-order chi connectivity index (χ0) is 16.8. The quantitative estimate of drug-likeness (QED) is 0.899. The number of rotatable bonds is 2. The summed E-state index contributed by atoms with van der Waals surface area (Å²) >= 11 is 1.24. The molecule has 2 atom stereocenters. The molecule has 2 fully saturated rings. The van der Waals surface area contributed by atoms with Gasteiger partial charge in [0.15, 0.2) is 0 Å². The van der Waals surface area contributed by atoms with Crippen molar-refractivity contribution in [3.8, 4) is 0 Å². The van der Waals surface area contributed by atoms with Crippen LogP contribution in [0.1, 0.15) is 53.3 Å². The summed E-state index contributed by atoms with van der Waals surface area (Å²) in [5.41, 5.74) is -0.0114. The van der Waals surface area contributed by atoms with Gasteiger partial charge in [-0.05, 0) is 12.8 Å². The average molecular weight is 338 g/mol. The number of carbonyl (C=O) groups is 1. The van der Waals surface area contributed by atoms with Crippen molar-refractivity contribution in [2.75, 3.05) is 18.5 Å². The lowest BCUT2D eigenvalue weighted by molar-refractivity contribution is -0.0884. The molecule has 0 saturated carbocycles. The number of hydrogen-bond acceptors (Lipinski definition) is 5. The fourth-order valence-electron chi connectivity index (χ4n) is 3.44. The van der Waals surface area contributed by atoms with Crippen molar-refractivity contribution in [1.29, 1.82) is 0 Å². The van der Waals surface area contributed by atoms with Gasteiger partial charge in [-0.2, -0.15) is 4.37 Å². The van der Waals surface area contributed by atoms with E-state index in [1.807, 2.05) is 4.90 Å². The van der Waals surface area contributed by atoms with Crippen LogP contribution in [0.5, 0.6) is 0 Å². The van der Waals surface area contributed by atoms with Gasteiger partial charge in [-0.1, -0.05) is 34.6 Å². The Hall–Kier alpha value is -1.21. The molecule has 1 aromatic rings. The van der Waals surface area contributed by atoms with E-state index in [2.05, 4.69) is 49.3 Å². The van der Waals surface area contributed by atoms with E-state index in [9.17, 15) is 4.79 Å². The maximum absolute atomic E-state index is 12.6. The van der Waals surface area contributed by atoms with Gasteiger partial charge in [0.2, 0.25) is 5.13 Å². The molecular formula is C16H26N4O2S. The molecule has 0 aromatic carbocycles. The maximum Gasteiger partial charge on any atom is 0.324 e. The van der Waals surface area contributed by atoms with Crippen LogP contribution in [-0.4, -0.2) is 45.6 Å². The highest BCUT2D eigenvalue weighted by Gasteiger charge is 2.53. The van der Waals surface area contributed by atoms with Crippen LogP contribution in [0.25, 0.3) is 0 Å². The fourth-order valence-corrected chi connectivity index (χ4v) is 4.18. The number of nitrogens with one attached hydrogen (secondary N) is 1. The van der Waals surface area contributed by atoms with E-state index in [1.165, 1.54) is 11.5 Å². The van der Waals surface area contributed by atoms with Gasteiger partial charge in [0, 0.05) is 35.5 Å². The summed E-state index contributed by atoms with van der Waals surface area (Å²) in [6.45, 7) is 12.1. The third kappa shape index (κ3) is 3.21. The highest BCUT2D eigenvalue weighted by Crippen LogP contribution is 2.42. The minimum Gasteiger partial charge on any atom is -0.376 e. The summed E-state index contributed by atoms with van der Waals surface area (Å²) in [4.78, 5) is 18.9. The van der Waals surface area contributed by atoms with Crippen molar-refractivity contribution in [3.05, 3.63) is 5.82 Å². The van der Waals surface area contributed by atoms with Crippen molar-refractivity contribution in [3.63, 3.8) is 0 Å². The predicted molar refractivity (Wildman–Crippen MR) is 90.9 cm³/mol. The van der Waals surface area contributed by atoms with E-state index >= 15 is 0 Å². The Bertz CT molecular complexity index is 587. The SMILES string of the molecule is CC(C)(C)c1nsc(NC(=O)N2CC(C)(C)C2C2CCCO2)n1. The van der Waals surface area contributed by atoms with E-state index in [-0.39, 0.29) is 29.0 Å². The molecule has 0 radical (unpaired) electrons. The second kappa shape index (κ2) is 5.70. The molecule has 2 saturated heterocycles. The summed E-state index contributed by atoms with van der Waals surface area (Å²) in [5, 5.41) is 3.47. The number of ether oxygens (including phenoxy) is 1. The molecule has 2 aliphatic heterocycles. The Labute approximate surface area is 141 Å². The van der Waals surface area contributed by atoms with Crippen LogP contribution in [0.2, 0.25) is 0 Å². The van der Waals surface area contributed by atoms with Crippen LogP contribution in [-0.2, 0) is 10.2 Å². The topological polar surface area (TPSA) is 67.4 Å². The lowest BCUT2D eigenvalue weighted by Gasteiger charge is -2.55. The second-order valence-electron chi connectivity index (χ2n) is 8.22. The first-order valence-corrected chi connectivity index (χ1v) is 8.99. The molecule has 0 aliphatic carbocycles. The van der Waals surface area contributed by atoms with Gasteiger partial charge in [0.1, 0.15) is 5.82 Å². The minimum atomic E-state index is -0.113. The van der Waals surface area contributed by atoms with Crippen LogP contribution in [0, 0.1) is 5.41 Å². The Morgan fingerprint density at radius 1 is 1.43 bits per heavy atom. The Morgan fingerprint density at radius 3 is 2.70 bits per heavy atom. The summed E-state index contributed by atoms with van der Waals surface area (Å²) in [6, 6.07) is 0.0430. The number of hydrogen-bond donors (Lipinski definition) is 1. The second-order valence-corrected chi connectivity index (χ2v) is 8.97. The number of likely N-dealkylation sites (tertiary alicyclic amines) is 1. The van der Waals surface area contributed by atoms with Crippen LogP contribution in [0.4, 0.5) is 9.93 Å². The molecule has 128 valence electrons. The van der Waals surface area contributed by atoms with Crippen LogP contribution in [0.3, 0.4) is 0 Å². The minimum absolute atomic E-state index is 0.0959. The van der Waals surface area contributed by atoms with Gasteiger partial charge in [-0.3, -0.25) is 5.32 Å². The number of urea groups is 1. The predicted octanol–water partition coefficient (Wildman–Crippen LogP) is 3.26. The third-order valence-corrected chi connectivity index (χ3v) is 5.23. The molecule has 6 nitrogen and oxygen atoms in total. The van der Waals surface area contributed by atoms with E-state index in [0.717, 1.165) is 31.8 Å². The molecule has 3 rings (SSSR count). The van der Waals surface area contributed by atoms with Gasteiger partial charge < -0.3 is 9.64 Å². The zero-order valence-electron chi connectivity index (χ0n) is 14.5. The third-order valence-electron chi connectivity index (χ3n) is 4.60. The Balaban J connectivity index is 1.67. The number of carbonyl (C=O) groups excluding carboxylic acids is 1. The lowest BCUT2D eigenvalue weighted by atomic mass is 9.72. The fraction of sp³-hybridized carbons (Fsp3) is 0.812. The van der Waals surface area contributed by atoms with Crippen molar-refractivity contribution in [2.45, 2.75) is 65.0 Å². The molecule has 23 heavy (non-hydrogen) atoms. The first kappa shape index (κ1) is 16.6. The molecule has 3 heterocycles. The van der Waals surface area contributed by atoms with Crippen molar-refractivity contribution in [2.24, 2.45) is 5.41 Å². The van der Waals surface area contributed by atoms with Gasteiger partial charge >= 0.3 is 6.03 Å². The van der Waals surface area contributed by atoms with Crippen LogP contribution in [0.15, 0.2) is 0 Å². The average Bonchev–Trinajstić information content (AvgIpc) is 3.06. The van der Waals surface area contributed by atoms with E-state index in [0.29, 0.717) is 5.13 Å². The van der Waals surface area contributed by atoms with Gasteiger partial charge in [-0.25, -0.2) is 9.78 Å². The molecule has 0 spiro atoms. The van der Waals surface area contributed by atoms with Crippen LogP contribution >= 0.6 is 11.5 Å². The molecule has 1 aromatic heterocycles. The van der Waals surface area contributed by atoms with E-state index in [4.69, 9.17) is 4.74 Å². The molecule has 0 bridgehead atoms. The smallest absolute Gasteiger partial charge is 0.324 e. The van der Waals surface area contributed by atoms with E-state index < -0.39 is 0 Å². The molecule has 1 N–H and O–H groups in total. The number of aromatic nitrogens is 2. The summed E-state index contributed by atoms with van der Waals surface area (Å²) < 4.78 is 10.2. The summed E-state index contributed by atoms with van der Waals surface area (Å²) in [7, 11) is 0. The highest BCUT2D eigenvalue weighted by atomic mass is 32.1. The number of nitrogens with zero attached hydrogens (tertiary/aromatic N) is 3. The van der Waals surface area contributed by atoms with Crippen molar-refractivity contribution < 1.29 is 9.53 Å². The first-order chi connectivity index (χ1) is 10.7. The lowest BCUT2D eigenvalue weighted by Crippen LogP contribution is -2.68. The Morgan fingerprint density at radius 2 is 2.17 bits per heavy atom. The van der Waals surface area contributed by atoms with Crippen molar-refractivity contribution >= 4 is 22.7 Å². The largest absolute Gasteiger partial charge is 0.376 e. The summed E-state index contributed by atoms with van der Waals surface area (Å²) in [5.74, 6) is 0.761. The Kier molecular flexibility index (Phi) is 4.13. The standard InChI is InChI=1S/C16H26N4O2S/c1-15(2,3)12-17-13(23-19-12)18-14(21)20-9-16(4,5)11(20)10-7-6-8-22-10/h10-11H,6-9H2,1-5H3,(H,17,18,19,21). The van der Waals surface area contributed by atoms with Crippen molar-refractivity contribution in [1.82, 2.24) is 14.3 Å². The zero-order valence-corrected chi connectivity index (χ0v) is 15.4. The highest BCUT2D eigenvalue weighted by molar-refractivity contribution is 7.09. The molecule has 7 heteroatoms. The van der Waals surface area contributed by atoms with Gasteiger partial charge in [0.25, 0.3) is 0 Å². The van der Waals surface area contributed by atoms with E-state index in [1.54, 1.807) is 0 Å². The van der Waals surface area contributed by atoms with Gasteiger partial charge in [0.05, 0.1) is 12.1 Å². The molecule has 2 amide bonds. The number of anilines is 1. The first-order valence-electron chi connectivity index (χ1n) is 8.22.